The third-order valence-electron chi connectivity index (χ3n) is 5.12. The monoisotopic (exact) mass is 314 g/mol. The van der Waals surface area contributed by atoms with E-state index in [0.717, 1.165) is 70.0 Å². The lowest BCUT2D eigenvalue weighted by molar-refractivity contribution is 0.0571. The first-order chi connectivity index (χ1) is 11.4. The maximum atomic E-state index is 5.48. The topological polar surface area (TPSA) is 56.0 Å². The van der Waals surface area contributed by atoms with Crippen LogP contribution in [0.1, 0.15) is 32.1 Å². The molecule has 1 saturated heterocycles. The Kier molecular flexibility index (Phi) is 3.14. The van der Waals surface area contributed by atoms with Gasteiger partial charge in [-0.3, -0.25) is 4.99 Å². The van der Waals surface area contributed by atoms with Crippen LogP contribution in [-0.4, -0.2) is 72.1 Å². The number of hydrogen-bond donors (Lipinski definition) is 0. The normalized spacial score (nSPS) is 27.1. The number of hydrogen-bond acceptors (Lipinski definition) is 7. The first kappa shape index (κ1) is 13.5. The second-order valence-corrected chi connectivity index (χ2v) is 6.55. The quantitative estimate of drug-likeness (QED) is 0.674. The molecule has 0 spiro atoms. The largest absolute Gasteiger partial charge is 0.378 e. The molecule has 1 fully saturated rings. The molecule has 0 aromatic rings. The summed E-state index contributed by atoms with van der Waals surface area (Å²) in [5.74, 6) is 2.94. The smallest absolute Gasteiger partial charge is 0.254 e. The molecular formula is C16H22N6O. The number of nitrogens with zero attached hydrogens (tertiary/aromatic N) is 6. The summed E-state index contributed by atoms with van der Waals surface area (Å²) in [6.45, 7) is 5.05. The Hall–Kier alpha value is -1.89. The first-order valence-corrected chi connectivity index (χ1v) is 8.76. The summed E-state index contributed by atoms with van der Waals surface area (Å²) < 4.78 is 5.48. The van der Waals surface area contributed by atoms with Gasteiger partial charge in [0.25, 0.3) is 5.96 Å². The zero-order valence-corrected chi connectivity index (χ0v) is 13.4. The fourth-order valence-corrected chi connectivity index (χ4v) is 3.96. The Bertz CT molecular complexity index is 643. The van der Waals surface area contributed by atoms with Crippen molar-refractivity contribution in [3.8, 4) is 0 Å². The molecule has 0 aromatic heterocycles. The van der Waals surface area contributed by atoms with Crippen molar-refractivity contribution in [2.45, 2.75) is 32.1 Å². The van der Waals surface area contributed by atoms with Crippen LogP contribution in [0.3, 0.4) is 0 Å². The second-order valence-electron chi connectivity index (χ2n) is 6.55. The fourth-order valence-electron chi connectivity index (χ4n) is 3.96. The highest BCUT2D eigenvalue weighted by atomic mass is 16.5. The van der Waals surface area contributed by atoms with Gasteiger partial charge in [-0.15, -0.1) is 0 Å². The number of aliphatic imine (C=N–C) groups is 3. The van der Waals surface area contributed by atoms with Gasteiger partial charge in [0.2, 0.25) is 5.96 Å². The summed E-state index contributed by atoms with van der Waals surface area (Å²) in [7, 11) is 0. The molecule has 0 unspecified atom stereocenters. The number of ether oxygens (including phenoxy) is 1. The van der Waals surface area contributed by atoms with Crippen LogP contribution in [0.2, 0.25) is 0 Å². The summed E-state index contributed by atoms with van der Waals surface area (Å²) in [5, 5.41) is 4.42. The zero-order chi connectivity index (χ0) is 15.2. The number of morpholine rings is 1. The number of amidine groups is 1. The lowest BCUT2D eigenvalue weighted by Gasteiger charge is -2.40. The van der Waals surface area contributed by atoms with E-state index in [0.29, 0.717) is 0 Å². The van der Waals surface area contributed by atoms with Crippen LogP contribution < -0.4 is 0 Å². The minimum Gasteiger partial charge on any atom is -0.378 e. The maximum absolute atomic E-state index is 5.48. The molecule has 4 heterocycles. The minimum atomic E-state index is 0.773. The summed E-state index contributed by atoms with van der Waals surface area (Å²) in [4.78, 5) is 16.9. The van der Waals surface area contributed by atoms with Gasteiger partial charge in [0, 0.05) is 18.7 Å². The Morgan fingerprint density at radius 1 is 0.913 bits per heavy atom. The van der Waals surface area contributed by atoms with Crippen molar-refractivity contribution in [3.05, 3.63) is 11.3 Å². The molecule has 0 amide bonds. The van der Waals surface area contributed by atoms with Crippen molar-refractivity contribution in [3.63, 3.8) is 0 Å². The van der Waals surface area contributed by atoms with Gasteiger partial charge in [0.15, 0.2) is 5.84 Å². The van der Waals surface area contributed by atoms with E-state index in [4.69, 9.17) is 19.7 Å². The van der Waals surface area contributed by atoms with Gasteiger partial charge in [0.1, 0.15) is 0 Å². The summed E-state index contributed by atoms with van der Waals surface area (Å²) in [6.07, 6.45) is 5.92. The molecule has 0 aromatic carbocycles. The number of guanidine groups is 2. The Balaban J connectivity index is 1.55. The molecule has 23 heavy (non-hydrogen) atoms. The van der Waals surface area contributed by atoms with E-state index in [1.807, 2.05) is 0 Å². The van der Waals surface area contributed by atoms with E-state index in [1.165, 1.54) is 30.5 Å². The molecule has 1 aliphatic carbocycles. The average Bonchev–Trinajstić information content (AvgIpc) is 2.81. The Morgan fingerprint density at radius 3 is 2.70 bits per heavy atom. The highest BCUT2D eigenvalue weighted by Gasteiger charge is 2.42. The van der Waals surface area contributed by atoms with Gasteiger partial charge in [-0.25, -0.2) is 10.0 Å². The molecule has 0 N–H and O–H groups in total. The van der Waals surface area contributed by atoms with Crippen LogP contribution in [0.25, 0.3) is 0 Å². The highest BCUT2D eigenvalue weighted by molar-refractivity contribution is 6.17. The Morgan fingerprint density at radius 2 is 1.78 bits per heavy atom. The average molecular weight is 314 g/mol. The molecule has 5 rings (SSSR count). The van der Waals surface area contributed by atoms with Gasteiger partial charge < -0.3 is 9.64 Å². The van der Waals surface area contributed by atoms with Gasteiger partial charge in [-0.2, -0.15) is 10.0 Å². The zero-order valence-electron chi connectivity index (χ0n) is 13.4. The van der Waals surface area contributed by atoms with E-state index in [-0.39, 0.29) is 0 Å². The lowest BCUT2D eigenvalue weighted by atomic mass is 10.1. The number of hydrazine groups is 1. The fraction of sp³-hybridized carbons (Fsp3) is 0.688. The van der Waals surface area contributed by atoms with E-state index >= 15 is 0 Å². The van der Waals surface area contributed by atoms with Crippen molar-refractivity contribution < 1.29 is 4.74 Å². The minimum absolute atomic E-state index is 0.773. The molecular weight excluding hydrogens is 292 g/mol. The standard InChI is InChI=1S/C16H22N6O/c1-2-4-12-13(5-3-1)18-15-19-16(20-8-10-23-11-9-20)21-7-6-17-14(12)22(15)21/h1-11H2. The molecule has 0 saturated carbocycles. The molecule has 0 bridgehead atoms. The van der Waals surface area contributed by atoms with Gasteiger partial charge >= 0.3 is 0 Å². The number of fused-ring (bicyclic) bond motifs is 1. The van der Waals surface area contributed by atoms with Crippen molar-refractivity contribution in [2.24, 2.45) is 15.0 Å². The lowest BCUT2D eigenvalue weighted by Crippen LogP contribution is -2.57. The molecule has 5 aliphatic rings. The second kappa shape index (κ2) is 5.33. The van der Waals surface area contributed by atoms with Crippen molar-refractivity contribution in [1.29, 1.82) is 0 Å². The summed E-state index contributed by atoms with van der Waals surface area (Å²) >= 11 is 0. The van der Waals surface area contributed by atoms with E-state index in [9.17, 15) is 0 Å². The summed E-state index contributed by atoms with van der Waals surface area (Å²) in [5.41, 5.74) is 2.58. The molecule has 0 radical (unpaired) electrons. The molecule has 0 atom stereocenters. The summed E-state index contributed by atoms with van der Waals surface area (Å²) in [6, 6.07) is 0. The molecule has 4 aliphatic heterocycles. The Labute approximate surface area is 136 Å². The van der Waals surface area contributed by atoms with E-state index < -0.39 is 0 Å². The van der Waals surface area contributed by atoms with Crippen LogP contribution in [-0.2, 0) is 4.74 Å². The maximum Gasteiger partial charge on any atom is 0.254 e. The van der Waals surface area contributed by atoms with E-state index in [2.05, 4.69) is 14.9 Å². The van der Waals surface area contributed by atoms with Crippen molar-refractivity contribution >= 4 is 17.8 Å². The SMILES string of the molecule is C1CCC2=C(CC1)C1=NCCN3C(N4CCOCC4)=NC(=N2)N13. The number of allylic oxidation sites excluding steroid dienone is 1. The first-order valence-electron chi connectivity index (χ1n) is 8.76. The van der Waals surface area contributed by atoms with Gasteiger partial charge in [-0.05, 0) is 25.7 Å². The molecule has 122 valence electrons. The molecule has 7 heteroatoms. The predicted molar refractivity (Wildman–Crippen MR) is 88.2 cm³/mol. The van der Waals surface area contributed by atoms with Crippen LogP contribution in [0, 0.1) is 0 Å². The van der Waals surface area contributed by atoms with Crippen molar-refractivity contribution in [2.75, 3.05) is 39.4 Å². The van der Waals surface area contributed by atoms with E-state index in [1.54, 1.807) is 0 Å². The van der Waals surface area contributed by atoms with Gasteiger partial charge in [-0.1, -0.05) is 6.42 Å². The third-order valence-corrected chi connectivity index (χ3v) is 5.12. The number of rotatable bonds is 0. The van der Waals surface area contributed by atoms with Crippen molar-refractivity contribution in [1.82, 2.24) is 14.9 Å². The highest BCUT2D eigenvalue weighted by Crippen LogP contribution is 2.34. The van der Waals surface area contributed by atoms with Crippen LogP contribution in [0.5, 0.6) is 0 Å². The van der Waals surface area contributed by atoms with Gasteiger partial charge in [0.05, 0.1) is 32.0 Å². The van der Waals surface area contributed by atoms with Crippen LogP contribution in [0.4, 0.5) is 0 Å². The van der Waals surface area contributed by atoms with Crippen LogP contribution >= 0.6 is 0 Å². The third kappa shape index (κ3) is 2.09. The predicted octanol–water partition coefficient (Wildman–Crippen LogP) is 1.21. The van der Waals surface area contributed by atoms with Crippen LogP contribution in [0.15, 0.2) is 26.2 Å². The molecule has 7 nitrogen and oxygen atoms in total.